The molecule has 0 heterocycles. The molecule has 5 heteroatoms. The van der Waals surface area contributed by atoms with Gasteiger partial charge in [-0.05, 0) is 43.7 Å². The van der Waals surface area contributed by atoms with Gasteiger partial charge < -0.3 is 5.32 Å². The van der Waals surface area contributed by atoms with Crippen molar-refractivity contribution in [1.29, 1.82) is 0 Å². The lowest BCUT2D eigenvalue weighted by atomic mass is 10.2. The Labute approximate surface area is 122 Å². The molecule has 1 N–H and O–H groups in total. The Morgan fingerprint density at radius 1 is 1.14 bits per heavy atom. The first-order valence-electron chi connectivity index (χ1n) is 6.62. The molecule has 0 spiro atoms. The summed E-state index contributed by atoms with van der Waals surface area (Å²) >= 11 is 0. The van der Waals surface area contributed by atoms with E-state index < -0.39 is 23.4 Å². The van der Waals surface area contributed by atoms with Gasteiger partial charge in [-0.2, -0.15) is 0 Å². The van der Waals surface area contributed by atoms with Crippen molar-refractivity contribution in [3.8, 4) is 0 Å². The van der Waals surface area contributed by atoms with Crippen molar-refractivity contribution < 1.29 is 13.6 Å². The van der Waals surface area contributed by atoms with Crippen molar-refractivity contribution in [3.63, 3.8) is 0 Å². The fraction of sp³-hybridized carbons (Fsp3) is 0.188. The number of hydrogen-bond donors (Lipinski definition) is 1. The Morgan fingerprint density at radius 3 is 2.33 bits per heavy atom. The first-order valence-corrected chi connectivity index (χ1v) is 6.62. The van der Waals surface area contributed by atoms with E-state index in [-0.39, 0.29) is 0 Å². The second-order valence-electron chi connectivity index (χ2n) is 4.61. The van der Waals surface area contributed by atoms with Crippen LogP contribution in [0.3, 0.4) is 0 Å². The molecule has 0 aromatic heterocycles. The van der Waals surface area contributed by atoms with Crippen molar-refractivity contribution in [3.05, 3.63) is 59.7 Å². The van der Waals surface area contributed by atoms with Crippen LogP contribution in [-0.2, 0) is 0 Å². The molecule has 0 radical (unpaired) electrons. The molecular weight excluding hydrogens is 274 g/mol. The van der Waals surface area contributed by atoms with Crippen LogP contribution in [0.2, 0.25) is 0 Å². The third-order valence-corrected chi connectivity index (χ3v) is 3.07. The Balaban J connectivity index is 2.25. The zero-order valence-electron chi connectivity index (χ0n) is 11.9. The smallest absolute Gasteiger partial charge is 0.302 e. The average Bonchev–Trinajstić information content (AvgIpc) is 2.44. The van der Waals surface area contributed by atoms with Gasteiger partial charge in [0.05, 0.1) is 0 Å². The number of anilines is 2. The SMILES string of the molecule is CCN(C(=O)Nc1c(F)cccc1F)c1cccc(C)c1. The molecule has 0 bridgehead atoms. The number of amides is 2. The topological polar surface area (TPSA) is 32.3 Å². The second kappa shape index (κ2) is 6.35. The highest BCUT2D eigenvalue weighted by atomic mass is 19.1. The lowest BCUT2D eigenvalue weighted by Crippen LogP contribution is -2.35. The normalized spacial score (nSPS) is 10.3. The van der Waals surface area contributed by atoms with E-state index in [4.69, 9.17) is 0 Å². The third kappa shape index (κ3) is 3.37. The van der Waals surface area contributed by atoms with Crippen LogP contribution in [0.25, 0.3) is 0 Å². The molecule has 2 aromatic rings. The minimum absolute atomic E-state index is 0.380. The van der Waals surface area contributed by atoms with E-state index in [9.17, 15) is 13.6 Å². The van der Waals surface area contributed by atoms with Crippen LogP contribution in [-0.4, -0.2) is 12.6 Å². The van der Waals surface area contributed by atoms with E-state index >= 15 is 0 Å². The summed E-state index contributed by atoms with van der Waals surface area (Å²) in [5.74, 6) is -1.60. The summed E-state index contributed by atoms with van der Waals surface area (Å²) in [6.45, 7) is 4.08. The maximum absolute atomic E-state index is 13.6. The van der Waals surface area contributed by atoms with Gasteiger partial charge in [0.25, 0.3) is 0 Å². The summed E-state index contributed by atoms with van der Waals surface area (Å²) in [5.41, 5.74) is 1.23. The van der Waals surface area contributed by atoms with Crippen molar-refractivity contribution in [1.82, 2.24) is 0 Å². The van der Waals surface area contributed by atoms with Crippen LogP contribution in [0.15, 0.2) is 42.5 Å². The molecule has 0 saturated carbocycles. The van der Waals surface area contributed by atoms with E-state index in [0.29, 0.717) is 12.2 Å². The second-order valence-corrected chi connectivity index (χ2v) is 4.61. The number of carbonyl (C=O) groups is 1. The van der Waals surface area contributed by atoms with Crippen LogP contribution >= 0.6 is 0 Å². The van der Waals surface area contributed by atoms with Crippen molar-refractivity contribution >= 4 is 17.4 Å². The molecule has 2 aromatic carbocycles. The molecule has 2 amide bonds. The van der Waals surface area contributed by atoms with Gasteiger partial charge >= 0.3 is 6.03 Å². The Kier molecular flexibility index (Phi) is 4.52. The minimum atomic E-state index is -0.802. The number of benzene rings is 2. The van der Waals surface area contributed by atoms with Crippen molar-refractivity contribution in [2.75, 3.05) is 16.8 Å². The zero-order chi connectivity index (χ0) is 15.4. The number of rotatable bonds is 3. The number of halogens is 2. The predicted molar refractivity (Wildman–Crippen MR) is 79.6 cm³/mol. The fourth-order valence-corrected chi connectivity index (χ4v) is 2.03. The van der Waals surface area contributed by atoms with Crippen LogP contribution < -0.4 is 10.2 Å². The van der Waals surface area contributed by atoms with Gasteiger partial charge in [-0.25, -0.2) is 13.6 Å². The van der Waals surface area contributed by atoms with Crippen LogP contribution in [0, 0.1) is 18.6 Å². The third-order valence-electron chi connectivity index (χ3n) is 3.07. The molecule has 2 rings (SSSR count). The number of aryl methyl sites for hydroxylation is 1. The van der Waals surface area contributed by atoms with Crippen LogP contribution in [0.5, 0.6) is 0 Å². The predicted octanol–water partition coefficient (Wildman–Crippen LogP) is 4.33. The summed E-state index contributed by atoms with van der Waals surface area (Å²) in [6.07, 6.45) is 0. The molecule has 0 aliphatic heterocycles. The van der Waals surface area contributed by atoms with Gasteiger partial charge in [0.2, 0.25) is 0 Å². The Morgan fingerprint density at radius 2 is 1.76 bits per heavy atom. The summed E-state index contributed by atoms with van der Waals surface area (Å²) < 4.78 is 27.1. The average molecular weight is 290 g/mol. The summed E-state index contributed by atoms with van der Waals surface area (Å²) in [5, 5.41) is 2.28. The number of carbonyl (C=O) groups excluding carboxylic acids is 1. The maximum atomic E-state index is 13.6. The molecule has 0 atom stereocenters. The Bertz CT molecular complexity index is 638. The monoisotopic (exact) mass is 290 g/mol. The van der Waals surface area contributed by atoms with E-state index in [0.717, 1.165) is 17.7 Å². The highest BCUT2D eigenvalue weighted by Gasteiger charge is 2.17. The number of hydrogen-bond acceptors (Lipinski definition) is 1. The molecule has 0 aliphatic rings. The summed E-state index contributed by atoms with van der Waals surface area (Å²) in [7, 11) is 0. The maximum Gasteiger partial charge on any atom is 0.326 e. The minimum Gasteiger partial charge on any atom is -0.302 e. The van der Waals surface area contributed by atoms with Gasteiger partial charge in [-0.3, -0.25) is 4.90 Å². The molecule has 110 valence electrons. The highest BCUT2D eigenvalue weighted by molar-refractivity contribution is 6.01. The van der Waals surface area contributed by atoms with E-state index in [1.54, 1.807) is 13.0 Å². The highest BCUT2D eigenvalue weighted by Crippen LogP contribution is 2.21. The summed E-state index contributed by atoms with van der Waals surface area (Å²) in [4.78, 5) is 13.7. The van der Waals surface area contributed by atoms with Crippen LogP contribution in [0.4, 0.5) is 25.0 Å². The van der Waals surface area contributed by atoms with Crippen LogP contribution in [0.1, 0.15) is 12.5 Å². The van der Waals surface area contributed by atoms with Crippen molar-refractivity contribution in [2.24, 2.45) is 0 Å². The largest absolute Gasteiger partial charge is 0.326 e. The molecule has 0 aliphatic carbocycles. The van der Waals surface area contributed by atoms with Gasteiger partial charge in [-0.1, -0.05) is 18.2 Å². The van der Waals surface area contributed by atoms with E-state index in [2.05, 4.69) is 5.32 Å². The standard InChI is InChI=1S/C16H16F2N2O/c1-3-20(12-7-4-6-11(2)10-12)16(21)19-15-13(17)8-5-9-14(15)18/h4-10H,3H2,1-2H3,(H,19,21). The summed E-state index contributed by atoms with van der Waals surface area (Å²) in [6, 6.07) is 10.2. The number of para-hydroxylation sites is 1. The molecular formula is C16H16F2N2O. The quantitative estimate of drug-likeness (QED) is 0.896. The molecule has 0 saturated heterocycles. The Hall–Kier alpha value is -2.43. The first-order chi connectivity index (χ1) is 10.0. The first kappa shape index (κ1) is 15.0. The number of nitrogens with one attached hydrogen (secondary N) is 1. The van der Waals surface area contributed by atoms with Gasteiger partial charge in [-0.15, -0.1) is 0 Å². The van der Waals surface area contributed by atoms with Crippen molar-refractivity contribution in [2.45, 2.75) is 13.8 Å². The fourth-order valence-electron chi connectivity index (χ4n) is 2.03. The van der Waals surface area contributed by atoms with Gasteiger partial charge in [0.1, 0.15) is 17.3 Å². The van der Waals surface area contributed by atoms with Gasteiger partial charge in [0, 0.05) is 12.2 Å². The molecule has 21 heavy (non-hydrogen) atoms. The lowest BCUT2D eigenvalue weighted by Gasteiger charge is -2.22. The number of nitrogens with zero attached hydrogens (tertiary/aromatic N) is 1. The van der Waals surface area contributed by atoms with E-state index in [1.165, 1.54) is 11.0 Å². The zero-order valence-corrected chi connectivity index (χ0v) is 11.9. The molecule has 0 fully saturated rings. The number of urea groups is 1. The molecule has 3 nitrogen and oxygen atoms in total. The molecule has 0 unspecified atom stereocenters. The lowest BCUT2D eigenvalue weighted by molar-refractivity contribution is 0.257. The van der Waals surface area contributed by atoms with E-state index in [1.807, 2.05) is 25.1 Å². The van der Waals surface area contributed by atoms with Gasteiger partial charge in [0.15, 0.2) is 0 Å².